The van der Waals surface area contributed by atoms with Gasteiger partial charge in [0.05, 0.1) is 8.48 Å². The molecule has 9 nitrogen and oxygen atoms in total. The van der Waals surface area contributed by atoms with Gasteiger partial charge in [-0.05, 0) is 61.6 Å². The molecule has 0 radical (unpaired) electrons. The minimum Gasteiger partial charge on any atom is -0.455 e. The maximum absolute atomic E-state index is 12.7. The minimum atomic E-state index is -4.42. The van der Waals surface area contributed by atoms with Gasteiger partial charge in [0, 0.05) is 17.7 Å². The maximum atomic E-state index is 12.7. The zero-order chi connectivity index (χ0) is 21.1. The number of urea groups is 1. The van der Waals surface area contributed by atoms with Gasteiger partial charge in [-0.15, -0.1) is 0 Å². The topological polar surface area (TPSA) is 125 Å². The van der Waals surface area contributed by atoms with Crippen LogP contribution in [0, 0.1) is 8.48 Å². The first-order chi connectivity index (χ1) is 12.9. The minimum absolute atomic E-state index is 0.120. The Morgan fingerprint density at radius 3 is 2.36 bits per heavy atom. The number of ether oxygens (including phenoxy) is 1. The number of rotatable bonds is 5. The summed E-state index contributed by atoms with van der Waals surface area (Å²) in [6.45, 7) is 5.06. The number of hydrogen-bond donors (Lipinski definition) is 3. The van der Waals surface area contributed by atoms with E-state index in [0.29, 0.717) is 5.75 Å². The molecule has 2 aromatic carbocycles. The summed E-state index contributed by atoms with van der Waals surface area (Å²) >= 11 is 2.02. The van der Waals surface area contributed by atoms with Gasteiger partial charge in [0.15, 0.2) is 0 Å². The molecule has 28 heavy (non-hydrogen) atoms. The molecule has 150 valence electrons. The van der Waals surface area contributed by atoms with Gasteiger partial charge in [-0.3, -0.25) is 0 Å². The van der Waals surface area contributed by atoms with Crippen LogP contribution in [0.5, 0.6) is 11.5 Å². The van der Waals surface area contributed by atoms with Gasteiger partial charge in [-0.2, -0.15) is 0 Å². The molecule has 0 atom stereocenters. The number of nitrogens with one attached hydrogen (secondary N) is 2. The standard InChI is InChI=1S/C17H18IN3O6S/c1-17(2,3)19-16(22)20-28(25,26)15-10-11(21(23)24)8-9-14(15)27-13-7-5-4-6-12(13)18/h4-10H,1-3H3,(H2-,19,20,22,23,24)/p+1. The van der Waals surface area contributed by atoms with Crippen molar-refractivity contribution in [3.63, 3.8) is 0 Å². The highest BCUT2D eigenvalue weighted by molar-refractivity contribution is 14.1. The van der Waals surface area contributed by atoms with Crippen molar-refractivity contribution in [1.82, 2.24) is 10.0 Å². The smallest absolute Gasteiger partial charge is 0.329 e. The van der Waals surface area contributed by atoms with E-state index < -0.39 is 31.4 Å². The van der Waals surface area contributed by atoms with E-state index >= 15 is 0 Å². The van der Waals surface area contributed by atoms with E-state index in [1.165, 1.54) is 12.1 Å². The third kappa shape index (κ3) is 5.79. The van der Waals surface area contributed by atoms with Gasteiger partial charge < -0.3 is 10.1 Å². The van der Waals surface area contributed by atoms with Crippen LogP contribution >= 0.6 is 22.6 Å². The number of nitrogens with zero attached hydrogens (tertiary/aromatic N) is 1. The van der Waals surface area contributed by atoms with E-state index in [4.69, 9.17) is 9.94 Å². The second-order valence-corrected chi connectivity index (χ2v) is 9.56. The number of para-hydroxylation sites is 1. The fraction of sp³-hybridized carbons (Fsp3) is 0.235. The highest BCUT2D eigenvalue weighted by atomic mass is 127. The van der Waals surface area contributed by atoms with Crippen LogP contribution in [-0.4, -0.2) is 30.1 Å². The van der Waals surface area contributed by atoms with Gasteiger partial charge in [-0.1, -0.05) is 12.1 Å². The van der Waals surface area contributed by atoms with E-state index in [2.05, 4.69) is 5.32 Å². The zero-order valence-electron chi connectivity index (χ0n) is 15.3. The second-order valence-electron chi connectivity index (χ2n) is 6.75. The first-order valence-corrected chi connectivity index (χ1v) is 10.5. The van der Waals surface area contributed by atoms with E-state index in [-0.39, 0.29) is 11.4 Å². The van der Waals surface area contributed by atoms with Gasteiger partial charge in [0.2, 0.25) is 0 Å². The van der Waals surface area contributed by atoms with Crippen LogP contribution < -0.4 is 14.8 Å². The van der Waals surface area contributed by atoms with Crippen LogP contribution in [0.4, 0.5) is 10.5 Å². The monoisotopic (exact) mass is 520 g/mol. The van der Waals surface area contributed by atoms with E-state index in [1.54, 1.807) is 45.0 Å². The van der Waals surface area contributed by atoms with E-state index in [1.807, 2.05) is 27.3 Å². The average molecular weight is 520 g/mol. The van der Waals surface area contributed by atoms with Crippen LogP contribution in [0.15, 0.2) is 47.4 Å². The summed E-state index contributed by atoms with van der Waals surface area (Å²) in [6.07, 6.45) is 0. The van der Waals surface area contributed by atoms with Crippen LogP contribution in [0.3, 0.4) is 0 Å². The number of carbonyl (C=O) groups excluding carboxylic acids is 1. The van der Waals surface area contributed by atoms with Crippen molar-refractivity contribution in [3.05, 3.63) is 50.9 Å². The molecule has 0 saturated heterocycles. The molecule has 0 heterocycles. The van der Waals surface area contributed by atoms with Gasteiger partial charge in [0.25, 0.3) is 14.9 Å². The van der Waals surface area contributed by atoms with Crippen molar-refractivity contribution in [3.8, 4) is 11.5 Å². The zero-order valence-corrected chi connectivity index (χ0v) is 18.2. The Hall–Kier alpha value is -2.41. The summed E-state index contributed by atoms with van der Waals surface area (Å²) < 4.78 is 33.8. The summed E-state index contributed by atoms with van der Waals surface area (Å²) in [7, 11) is -4.42. The quantitative estimate of drug-likeness (QED) is 0.408. The fourth-order valence-electron chi connectivity index (χ4n) is 2.10. The average Bonchev–Trinajstić information content (AvgIpc) is 2.54. The Morgan fingerprint density at radius 1 is 1.14 bits per heavy atom. The van der Waals surface area contributed by atoms with Crippen molar-refractivity contribution in [2.24, 2.45) is 0 Å². The van der Waals surface area contributed by atoms with Crippen molar-refractivity contribution in [2.75, 3.05) is 0 Å². The lowest BCUT2D eigenvalue weighted by atomic mass is 10.1. The van der Waals surface area contributed by atoms with Crippen LogP contribution in [0.2, 0.25) is 0 Å². The van der Waals surface area contributed by atoms with Crippen molar-refractivity contribution >= 4 is 44.3 Å². The molecule has 0 unspecified atom stereocenters. The van der Waals surface area contributed by atoms with Gasteiger partial charge in [0.1, 0.15) is 16.4 Å². The molecule has 0 aliphatic carbocycles. The van der Waals surface area contributed by atoms with Gasteiger partial charge >= 0.3 is 11.7 Å². The molecular weight excluding hydrogens is 501 g/mol. The molecule has 2 rings (SSSR count). The summed E-state index contributed by atoms with van der Waals surface area (Å²) in [5.41, 5.74) is -1.01. The molecule has 0 bridgehead atoms. The Balaban J connectivity index is 2.47. The Bertz CT molecular complexity index is 1020. The van der Waals surface area contributed by atoms with Crippen LogP contribution in [0.25, 0.3) is 0 Å². The molecule has 0 aliphatic rings. The summed E-state index contributed by atoms with van der Waals surface area (Å²) in [6, 6.07) is 9.27. The Morgan fingerprint density at radius 2 is 1.79 bits per heavy atom. The van der Waals surface area contributed by atoms with Crippen LogP contribution in [-0.2, 0) is 10.0 Å². The highest BCUT2D eigenvalue weighted by Gasteiger charge is 2.28. The normalized spacial score (nSPS) is 11.6. The first-order valence-electron chi connectivity index (χ1n) is 7.96. The molecular formula is C17H19IN3O6S+. The molecule has 2 aromatic rings. The van der Waals surface area contributed by atoms with E-state index in [0.717, 1.165) is 9.64 Å². The molecule has 0 aromatic heterocycles. The van der Waals surface area contributed by atoms with Crippen molar-refractivity contribution in [1.29, 1.82) is 0 Å². The molecule has 0 spiro atoms. The van der Waals surface area contributed by atoms with Crippen molar-refractivity contribution in [2.45, 2.75) is 31.2 Å². The van der Waals surface area contributed by atoms with E-state index in [9.17, 15) is 18.1 Å². The number of halogens is 1. The second kappa shape index (κ2) is 8.31. The third-order valence-electron chi connectivity index (χ3n) is 3.21. The summed E-state index contributed by atoms with van der Waals surface area (Å²) in [4.78, 5) is 22.3. The molecule has 2 amide bonds. The number of sulfonamides is 1. The summed E-state index contributed by atoms with van der Waals surface area (Å²) in [5, 5.41) is 11.6. The number of amides is 2. The molecule has 0 saturated carbocycles. The van der Waals surface area contributed by atoms with Crippen LogP contribution in [0.1, 0.15) is 20.8 Å². The fourth-order valence-corrected chi connectivity index (χ4v) is 3.65. The Kier molecular flexibility index (Phi) is 6.49. The predicted octanol–water partition coefficient (Wildman–Crippen LogP) is 3.67. The molecule has 0 fully saturated rings. The maximum Gasteiger partial charge on any atom is 0.329 e. The molecule has 3 N–H and O–H groups in total. The third-order valence-corrected chi connectivity index (χ3v) is 5.45. The van der Waals surface area contributed by atoms with Gasteiger partial charge in [-0.25, -0.2) is 23.1 Å². The SMILES string of the molecule is CC(C)(C)NC(=O)NS(=O)(=O)c1cc([N+](=O)O)ccc1Oc1ccccc1I. The lowest BCUT2D eigenvalue weighted by molar-refractivity contribution is -0.729. The number of hydrogen-bond acceptors (Lipinski definition) is 5. The number of carbonyl (C=O) groups is 1. The lowest BCUT2D eigenvalue weighted by Crippen LogP contribution is -2.48. The largest absolute Gasteiger partial charge is 0.455 e. The lowest BCUT2D eigenvalue weighted by Gasteiger charge is -2.21. The molecule has 0 aliphatic heterocycles. The first kappa shape index (κ1) is 21.9. The predicted molar refractivity (Wildman–Crippen MR) is 109 cm³/mol. The Labute approximate surface area is 175 Å². The van der Waals surface area contributed by atoms with Crippen molar-refractivity contribution < 1.29 is 28.1 Å². The molecule has 11 heteroatoms. The summed E-state index contributed by atoms with van der Waals surface area (Å²) in [5.74, 6) is 0.264. The highest BCUT2D eigenvalue weighted by Crippen LogP contribution is 2.33. The number of benzene rings is 2.